The number of nitrogens with one attached hydrogen (secondary N) is 1. The van der Waals surface area contributed by atoms with Crippen molar-refractivity contribution < 1.29 is 9.47 Å². The molecular weight excluding hydrogens is 414 g/mol. The summed E-state index contributed by atoms with van der Waals surface area (Å²) >= 11 is 0. The summed E-state index contributed by atoms with van der Waals surface area (Å²) in [5.41, 5.74) is 7.19. The maximum atomic E-state index is 6.32. The van der Waals surface area contributed by atoms with E-state index < -0.39 is 0 Å². The van der Waals surface area contributed by atoms with E-state index in [1.165, 1.54) is 12.8 Å². The molecule has 0 spiro atoms. The standard InChI is InChI=1S/C26H27N5O2/c1-16-14-23(24(17(2)27-16)25(32-3)20-12-13-20)33-15-18-8-10-19(11-9-18)21-6-4-5-7-22(21)26-28-30-31-29-26/h4-11,14,20,25H,12-13,15H2,1-3H3,(H,28,29,30,31). The molecule has 2 aromatic carbocycles. The fraction of sp³-hybridized carbons (Fsp3) is 0.308. The number of tetrazole rings is 1. The van der Waals surface area contributed by atoms with Crippen molar-refractivity contribution >= 4 is 0 Å². The third-order valence-corrected chi connectivity index (χ3v) is 6.10. The number of benzene rings is 2. The van der Waals surface area contributed by atoms with Crippen LogP contribution in [0.3, 0.4) is 0 Å². The van der Waals surface area contributed by atoms with Crippen LogP contribution in [0.15, 0.2) is 54.6 Å². The van der Waals surface area contributed by atoms with E-state index in [0.717, 1.165) is 45.0 Å². The number of H-pyrrole nitrogens is 1. The second kappa shape index (κ2) is 9.11. The van der Waals surface area contributed by atoms with Crippen LogP contribution in [-0.2, 0) is 11.3 Å². The number of rotatable bonds is 8. The predicted molar refractivity (Wildman–Crippen MR) is 126 cm³/mol. The SMILES string of the molecule is COC(c1c(OCc2ccc(-c3ccccc3-c3nn[nH]n3)cc2)cc(C)nc1C)C1CC1. The quantitative estimate of drug-likeness (QED) is 0.403. The number of pyridine rings is 1. The zero-order valence-electron chi connectivity index (χ0n) is 19.1. The van der Waals surface area contributed by atoms with Crippen LogP contribution in [0.2, 0.25) is 0 Å². The van der Waals surface area contributed by atoms with E-state index in [4.69, 9.17) is 9.47 Å². The molecule has 0 radical (unpaired) electrons. The first kappa shape index (κ1) is 21.3. The van der Waals surface area contributed by atoms with Crippen molar-refractivity contribution in [1.82, 2.24) is 25.6 Å². The minimum atomic E-state index is 0.0390. The zero-order valence-corrected chi connectivity index (χ0v) is 19.1. The van der Waals surface area contributed by atoms with Crippen LogP contribution in [0, 0.1) is 19.8 Å². The highest BCUT2D eigenvalue weighted by Crippen LogP contribution is 2.46. The molecule has 1 fully saturated rings. The molecule has 1 saturated carbocycles. The Kier molecular flexibility index (Phi) is 5.88. The van der Waals surface area contributed by atoms with E-state index in [1.54, 1.807) is 7.11 Å². The van der Waals surface area contributed by atoms with Crippen molar-refractivity contribution in [2.24, 2.45) is 5.92 Å². The molecule has 5 rings (SSSR count). The molecule has 1 aliphatic carbocycles. The highest BCUT2D eigenvalue weighted by atomic mass is 16.5. The first-order chi connectivity index (χ1) is 16.1. The van der Waals surface area contributed by atoms with Crippen LogP contribution in [0.5, 0.6) is 5.75 Å². The average molecular weight is 442 g/mol. The van der Waals surface area contributed by atoms with Gasteiger partial charge in [-0.05, 0) is 54.5 Å². The molecule has 0 amide bonds. The monoisotopic (exact) mass is 441 g/mol. The van der Waals surface area contributed by atoms with Gasteiger partial charge in [0.2, 0.25) is 5.82 Å². The zero-order chi connectivity index (χ0) is 22.8. The van der Waals surface area contributed by atoms with E-state index in [9.17, 15) is 0 Å². The average Bonchev–Trinajstić information content (AvgIpc) is 3.52. The fourth-order valence-electron chi connectivity index (χ4n) is 4.36. The number of methoxy groups -OCH3 is 1. The smallest absolute Gasteiger partial charge is 0.205 e. The van der Waals surface area contributed by atoms with E-state index in [0.29, 0.717) is 18.3 Å². The van der Waals surface area contributed by atoms with E-state index >= 15 is 0 Å². The molecule has 7 nitrogen and oxygen atoms in total. The van der Waals surface area contributed by atoms with Crippen molar-refractivity contribution in [3.05, 3.63) is 77.1 Å². The van der Waals surface area contributed by atoms with Gasteiger partial charge in [-0.1, -0.05) is 48.5 Å². The summed E-state index contributed by atoms with van der Waals surface area (Å²) in [6.45, 7) is 4.52. The van der Waals surface area contributed by atoms with Gasteiger partial charge in [-0.15, -0.1) is 10.2 Å². The minimum Gasteiger partial charge on any atom is -0.488 e. The van der Waals surface area contributed by atoms with Gasteiger partial charge < -0.3 is 9.47 Å². The van der Waals surface area contributed by atoms with Gasteiger partial charge in [0.15, 0.2) is 0 Å². The molecule has 2 aromatic heterocycles. The molecule has 1 aliphatic rings. The number of hydrogen-bond acceptors (Lipinski definition) is 6. The highest BCUT2D eigenvalue weighted by molar-refractivity contribution is 5.80. The van der Waals surface area contributed by atoms with E-state index in [2.05, 4.69) is 55.9 Å². The summed E-state index contributed by atoms with van der Waals surface area (Å²) in [6.07, 6.45) is 2.42. The lowest BCUT2D eigenvalue weighted by Crippen LogP contribution is -2.11. The molecule has 33 heavy (non-hydrogen) atoms. The Bertz CT molecular complexity index is 1230. The van der Waals surface area contributed by atoms with Crippen LogP contribution < -0.4 is 4.74 Å². The second-order valence-corrected chi connectivity index (χ2v) is 8.52. The van der Waals surface area contributed by atoms with E-state index in [-0.39, 0.29) is 6.10 Å². The van der Waals surface area contributed by atoms with Crippen molar-refractivity contribution in [3.8, 4) is 28.3 Å². The first-order valence-corrected chi connectivity index (χ1v) is 11.2. The topological polar surface area (TPSA) is 85.8 Å². The molecule has 168 valence electrons. The van der Waals surface area contributed by atoms with Crippen molar-refractivity contribution in [1.29, 1.82) is 0 Å². The Morgan fingerprint density at radius 1 is 1.03 bits per heavy atom. The van der Waals surface area contributed by atoms with Gasteiger partial charge in [-0.25, -0.2) is 0 Å². The highest BCUT2D eigenvalue weighted by Gasteiger charge is 2.35. The van der Waals surface area contributed by atoms with Crippen LogP contribution in [0.25, 0.3) is 22.5 Å². The lowest BCUT2D eigenvalue weighted by atomic mass is 9.98. The molecule has 1 N–H and O–H groups in total. The van der Waals surface area contributed by atoms with Gasteiger partial charge >= 0.3 is 0 Å². The van der Waals surface area contributed by atoms with Gasteiger partial charge in [-0.3, -0.25) is 4.98 Å². The third-order valence-electron chi connectivity index (χ3n) is 6.10. The molecule has 0 saturated heterocycles. The number of aromatic nitrogens is 5. The lowest BCUT2D eigenvalue weighted by Gasteiger charge is -2.21. The molecule has 4 aromatic rings. The number of nitrogens with zero attached hydrogens (tertiary/aromatic N) is 4. The van der Waals surface area contributed by atoms with Crippen LogP contribution in [0.1, 0.15) is 41.5 Å². The Morgan fingerprint density at radius 2 is 1.79 bits per heavy atom. The summed E-state index contributed by atoms with van der Waals surface area (Å²) in [5.74, 6) is 2.00. The summed E-state index contributed by atoms with van der Waals surface area (Å²) in [4.78, 5) is 4.67. The van der Waals surface area contributed by atoms with Gasteiger partial charge in [0.1, 0.15) is 12.4 Å². The summed E-state index contributed by atoms with van der Waals surface area (Å²) in [6, 6.07) is 18.5. The summed E-state index contributed by atoms with van der Waals surface area (Å²) < 4.78 is 12.2. The second-order valence-electron chi connectivity index (χ2n) is 8.52. The molecule has 0 aliphatic heterocycles. The predicted octanol–water partition coefficient (Wildman–Crippen LogP) is 5.22. The number of ether oxygens (including phenoxy) is 2. The summed E-state index contributed by atoms with van der Waals surface area (Å²) in [7, 11) is 1.78. The molecular formula is C26H27N5O2. The Labute approximate surface area is 193 Å². The van der Waals surface area contributed by atoms with Crippen LogP contribution >= 0.6 is 0 Å². The lowest BCUT2D eigenvalue weighted by molar-refractivity contribution is 0.0803. The minimum absolute atomic E-state index is 0.0390. The van der Waals surface area contributed by atoms with Gasteiger partial charge in [0.25, 0.3) is 0 Å². The van der Waals surface area contributed by atoms with Crippen LogP contribution in [0.4, 0.5) is 0 Å². The van der Waals surface area contributed by atoms with Crippen molar-refractivity contribution in [2.75, 3.05) is 7.11 Å². The third kappa shape index (κ3) is 4.50. The van der Waals surface area contributed by atoms with Crippen molar-refractivity contribution in [2.45, 2.75) is 39.4 Å². The number of hydrogen-bond donors (Lipinski definition) is 1. The van der Waals surface area contributed by atoms with E-state index in [1.807, 2.05) is 38.1 Å². The van der Waals surface area contributed by atoms with Crippen LogP contribution in [-0.4, -0.2) is 32.7 Å². The maximum absolute atomic E-state index is 6.32. The Balaban J connectivity index is 1.37. The van der Waals surface area contributed by atoms with Gasteiger partial charge in [0.05, 0.1) is 6.10 Å². The molecule has 1 atom stereocenters. The number of aryl methyl sites for hydroxylation is 2. The molecule has 2 heterocycles. The fourth-order valence-corrected chi connectivity index (χ4v) is 4.36. The maximum Gasteiger partial charge on any atom is 0.205 e. The summed E-state index contributed by atoms with van der Waals surface area (Å²) in [5, 5.41) is 14.5. The Morgan fingerprint density at radius 3 is 2.45 bits per heavy atom. The normalized spacial score (nSPS) is 14.3. The Hall–Kier alpha value is -3.58. The van der Waals surface area contributed by atoms with Gasteiger partial charge in [-0.2, -0.15) is 5.21 Å². The molecule has 0 bridgehead atoms. The van der Waals surface area contributed by atoms with Gasteiger partial charge in [0, 0.05) is 35.7 Å². The molecule has 1 unspecified atom stereocenters. The first-order valence-electron chi connectivity index (χ1n) is 11.2. The van der Waals surface area contributed by atoms with Crippen molar-refractivity contribution in [3.63, 3.8) is 0 Å². The largest absolute Gasteiger partial charge is 0.488 e. The molecule has 7 heteroatoms. The number of aromatic amines is 1.